The van der Waals surface area contributed by atoms with Crippen molar-refractivity contribution in [2.24, 2.45) is 0 Å². The maximum Gasteiger partial charge on any atom is 0.119 e. The van der Waals surface area contributed by atoms with Crippen molar-refractivity contribution < 1.29 is 28.4 Å². The Kier molecular flexibility index (Phi) is 6.53. The van der Waals surface area contributed by atoms with E-state index in [1.807, 2.05) is 0 Å². The topological polar surface area (TPSA) is 55.4 Å². The lowest BCUT2D eigenvalue weighted by atomic mass is 9.38. The second-order valence-corrected chi connectivity index (χ2v) is 13.0. The number of ether oxygens (including phenoxy) is 6. The molecule has 0 atom stereocenters. The van der Waals surface area contributed by atoms with Crippen LogP contribution in [0.3, 0.4) is 0 Å². The molecule has 50 heavy (non-hydrogen) atoms. The fourth-order valence-electron chi connectivity index (χ4n) is 9.26. The van der Waals surface area contributed by atoms with Gasteiger partial charge >= 0.3 is 0 Å². The van der Waals surface area contributed by atoms with Crippen LogP contribution < -0.4 is 28.4 Å². The summed E-state index contributed by atoms with van der Waals surface area (Å²) in [6, 6.07) is 38.8. The van der Waals surface area contributed by atoms with Crippen LogP contribution in [-0.2, 0) is 10.8 Å². The monoisotopic (exact) mass is 660 g/mol. The van der Waals surface area contributed by atoms with E-state index in [1.165, 1.54) is 0 Å². The minimum atomic E-state index is -0.886. The van der Waals surface area contributed by atoms with Crippen molar-refractivity contribution in [3.8, 4) is 67.9 Å². The SMILES string of the molecule is COc1ccc2c(c1)C13c4cc(OC)ccc4-c4ccc(OC)cc4C1(c1cc(OC)ccc1-2)c1cc(OC)ccc1-c1ccc(OC)cc13. The third-order valence-corrected chi connectivity index (χ3v) is 11.2. The van der Waals surface area contributed by atoms with Crippen LogP contribution in [0.1, 0.15) is 33.4 Å². The maximum atomic E-state index is 6.03. The van der Waals surface area contributed by atoms with Gasteiger partial charge in [0.25, 0.3) is 0 Å². The Morgan fingerprint density at radius 2 is 0.420 bits per heavy atom. The van der Waals surface area contributed by atoms with Crippen LogP contribution >= 0.6 is 0 Å². The molecule has 0 unspecified atom stereocenters. The zero-order valence-electron chi connectivity index (χ0n) is 28.8. The van der Waals surface area contributed by atoms with Crippen LogP contribution in [0.15, 0.2) is 109 Å². The molecular weight excluding hydrogens is 624 g/mol. The first kappa shape index (κ1) is 30.2. The number of hydrogen-bond donors (Lipinski definition) is 0. The predicted octanol–water partition coefficient (Wildman–Crippen LogP) is 9.05. The Morgan fingerprint density at radius 1 is 0.260 bits per heavy atom. The zero-order valence-corrected chi connectivity index (χ0v) is 28.8. The van der Waals surface area contributed by atoms with Gasteiger partial charge < -0.3 is 28.4 Å². The molecule has 0 radical (unpaired) electrons. The van der Waals surface area contributed by atoms with Crippen molar-refractivity contribution in [3.05, 3.63) is 143 Å². The Bertz CT molecular complexity index is 1950. The van der Waals surface area contributed by atoms with Gasteiger partial charge in [-0.25, -0.2) is 0 Å². The second-order valence-electron chi connectivity index (χ2n) is 13.0. The van der Waals surface area contributed by atoms with E-state index in [9.17, 15) is 0 Å². The molecule has 6 aromatic carbocycles. The molecule has 248 valence electrons. The largest absolute Gasteiger partial charge is 0.497 e. The normalized spacial score (nSPS) is 18.4. The lowest BCUT2D eigenvalue weighted by Crippen LogP contribution is -2.58. The minimum Gasteiger partial charge on any atom is -0.497 e. The van der Waals surface area contributed by atoms with Crippen molar-refractivity contribution in [3.63, 3.8) is 0 Å². The third-order valence-electron chi connectivity index (χ3n) is 11.2. The summed E-state index contributed by atoms with van der Waals surface area (Å²) in [4.78, 5) is 0. The summed E-state index contributed by atoms with van der Waals surface area (Å²) in [5.41, 5.74) is 11.6. The molecule has 0 fully saturated rings. The quantitative estimate of drug-likeness (QED) is 0.178. The Balaban J connectivity index is 1.66. The molecular formula is C44H36O6. The van der Waals surface area contributed by atoms with Crippen molar-refractivity contribution in [2.75, 3.05) is 42.7 Å². The van der Waals surface area contributed by atoms with Gasteiger partial charge in [-0.3, -0.25) is 0 Å². The number of fused-ring (bicyclic) bond motifs is 9. The molecule has 0 N–H and O–H groups in total. The van der Waals surface area contributed by atoms with E-state index in [0.29, 0.717) is 0 Å². The molecule has 0 aliphatic heterocycles. The molecule has 0 amide bonds. The van der Waals surface area contributed by atoms with Crippen LogP contribution in [0.25, 0.3) is 33.4 Å². The lowest BCUT2D eigenvalue weighted by Gasteiger charge is -2.62. The summed E-state index contributed by atoms with van der Waals surface area (Å²) >= 11 is 0. The summed E-state index contributed by atoms with van der Waals surface area (Å²) in [5, 5.41) is 0. The van der Waals surface area contributed by atoms with Crippen LogP contribution in [-0.4, -0.2) is 42.7 Å². The fraction of sp³-hybridized carbons (Fsp3) is 0.182. The number of benzene rings is 6. The van der Waals surface area contributed by atoms with Crippen molar-refractivity contribution in [2.45, 2.75) is 10.8 Å². The van der Waals surface area contributed by atoms with E-state index in [-0.39, 0.29) is 0 Å². The predicted molar refractivity (Wildman–Crippen MR) is 195 cm³/mol. The second kappa shape index (κ2) is 10.8. The van der Waals surface area contributed by atoms with Gasteiger partial charge in [0.05, 0.1) is 53.5 Å². The summed E-state index contributed by atoms with van der Waals surface area (Å²) in [6.07, 6.45) is 0. The van der Waals surface area contributed by atoms with Gasteiger partial charge in [0.1, 0.15) is 34.5 Å². The van der Waals surface area contributed by atoms with Gasteiger partial charge in [-0.05, 0) is 140 Å². The molecule has 0 saturated heterocycles. The minimum absolute atomic E-state index is 0.769. The average molecular weight is 661 g/mol. The van der Waals surface area contributed by atoms with Crippen LogP contribution in [0, 0.1) is 0 Å². The molecule has 3 aliphatic carbocycles. The summed E-state index contributed by atoms with van der Waals surface area (Å²) in [5.74, 6) is 4.62. The smallest absolute Gasteiger partial charge is 0.119 e. The van der Waals surface area contributed by atoms with Crippen molar-refractivity contribution in [1.82, 2.24) is 0 Å². The lowest BCUT2D eigenvalue weighted by molar-refractivity contribution is 0.372. The first-order valence-corrected chi connectivity index (χ1v) is 16.6. The number of methoxy groups -OCH3 is 6. The highest BCUT2D eigenvalue weighted by atomic mass is 16.5. The van der Waals surface area contributed by atoms with Gasteiger partial charge in [-0.1, -0.05) is 36.4 Å². The van der Waals surface area contributed by atoms with E-state index in [1.54, 1.807) is 42.7 Å². The first-order valence-electron chi connectivity index (χ1n) is 16.6. The molecule has 0 saturated carbocycles. The average Bonchev–Trinajstić information content (AvgIpc) is 3.19. The molecule has 3 aliphatic rings. The molecule has 6 aromatic rings. The molecule has 6 heteroatoms. The summed E-state index contributed by atoms with van der Waals surface area (Å²) < 4.78 is 36.2. The Labute approximate surface area is 291 Å². The summed E-state index contributed by atoms with van der Waals surface area (Å²) in [6.45, 7) is 0. The molecule has 0 aromatic heterocycles. The molecule has 9 rings (SSSR count). The highest BCUT2D eigenvalue weighted by Gasteiger charge is 2.67. The first-order chi connectivity index (χ1) is 24.5. The molecule has 6 nitrogen and oxygen atoms in total. The van der Waals surface area contributed by atoms with E-state index in [0.717, 1.165) is 101 Å². The standard InChI is InChI=1S/C44H36O6/c1-45-25-7-13-31-32-14-8-28(48-4)22-40(32)44-41-23-29(49-5)11-17-35(41)33-15-9-26(46-2)20-38(33)43(44,37(31)19-25)39-21-27(47-3)10-16-34(39)36-18-12-30(50-6)24-42(36)44/h7-24H,1-6H3. The number of hydrogen-bond acceptors (Lipinski definition) is 6. The van der Waals surface area contributed by atoms with Crippen molar-refractivity contribution >= 4 is 0 Å². The van der Waals surface area contributed by atoms with Gasteiger partial charge in [-0.2, -0.15) is 0 Å². The van der Waals surface area contributed by atoms with E-state index in [2.05, 4.69) is 109 Å². The van der Waals surface area contributed by atoms with Gasteiger partial charge in [0.15, 0.2) is 0 Å². The van der Waals surface area contributed by atoms with Crippen molar-refractivity contribution in [1.29, 1.82) is 0 Å². The Morgan fingerprint density at radius 3 is 0.560 bits per heavy atom. The van der Waals surface area contributed by atoms with Crippen LogP contribution in [0.4, 0.5) is 0 Å². The van der Waals surface area contributed by atoms with Gasteiger partial charge in [-0.15, -0.1) is 0 Å². The third kappa shape index (κ3) is 3.58. The van der Waals surface area contributed by atoms with Gasteiger partial charge in [0.2, 0.25) is 0 Å². The highest BCUT2D eigenvalue weighted by molar-refractivity contribution is 5.99. The zero-order chi connectivity index (χ0) is 34.4. The van der Waals surface area contributed by atoms with E-state index >= 15 is 0 Å². The Hall–Kier alpha value is -5.88. The van der Waals surface area contributed by atoms with Crippen LogP contribution in [0.2, 0.25) is 0 Å². The fourth-order valence-corrected chi connectivity index (χ4v) is 9.26. The van der Waals surface area contributed by atoms with Gasteiger partial charge in [0, 0.05) is 0 Å². The maximum absolute atomic E-state index is 6.03. The number of rotatable bonds is 6. The van der Waals surface area contributed by atoms with E-state index < -0.39 is 10.8 Å². The van der Waals surface area contributed by atoms with Crippen LogP contribution in [0.5, 0.6) is 34.5 Å². The molecule has 0 spiro atoms. The van der Waals surface area contributed by atoms with E-state index in [4.69, 9.17) is 28.4 Å². The molecule has 0 bridgehead atoms. The molecule has 0 heterocycles. The summed E-state index contributed by atoms with van der Waals surface area (Å²) in [7, 11) is 10.4. The highest BCUT2D eigenvalue weighted by Crippen LogP contribution is 2.74.